The van der Waals surface area contributed by atoms with E-state index in [9.17, 15) is 0 Å². The lowest BCUT2D eigenvalue weighted by Gasteiger charge is -2.40. The van der Waals surface area contributed by atoms with E-state index in [0.29, 0.717) is 11.5 Å². The molecule has 3 rings (SSSR count). The number of ether oxygens (including phenoxy) is 1. The third-order valence-corrected chi connectivity index (χ3v) is 5.37. The maximum atomic E-state index is 6.13. The van der Waals surface area contributed by atoms with E-state index in [2.05, 4.69) is 19.2 Å². The van der Waals surface area contributed by atoms with Crippen LogP contribution < -0.4 is 5.32 Å². The van der Waals surface area contributed by atoms with Gasteiger partial charge in [0.2, 0.25) is 0 Å². The predicted molar refractivity (Wildman–Crippen MR) is 70.0 cm³/mol. The van der Waals surface area contributed by atoms with Crippen LogP contribution in [0.2, 0.25) is 0 Å². The Hall–Kier alpha value is -0.0800. The first-order valence-corrected chi connectivity index (χ1v) is 7.61. The fraction of sp³-hybridized carbons (Fsp3) is 1.00. The van der Waals surface area contributed by atoms with Gasteiger partial charge in [0, 0.05) is 24.6 Å². The summed E-state index contributed by atoms with van der Waals surface area (Å²) < 4.78 is 6.13. The molecule has 1 aliphatic heterocycles. The highest BCUT2D eigenvalue weighted by Gasteiger charge is 2.53. The second-order valence-corrected chi connectivity index (χ2v) is 6.58. The van der Waals surface area contributed by atoms with Gasteiger partial charge in [0.1, 0.15) is 0 Å². The van der Waals surface area contributed by atoms with Gasteiger partial charge < -0.3 is 10.1 Å². The Morgan fingerprint density at radius 3 is 2.65 bits per heavy atom. The van der Waals surface area contributed by atoms with Gasteiger partial charge in [0.15, 0.2) is 0 Å². The summed E-state index contributed by atoms with van der Waals surface area (Å²) in [4.78, 5) is 0. The molecule has 0 aromatic carbocycles. The lowest BCUT2D eigenvalue weighted by Crippen LogP contribution is -2.46. The third kappa shape index (κ3) is 2.26. The minimum absolute atomic E-state index is 0.443. The maximum absolute atomic E-state index is 6.13. The SMILES string of the molecule is CCC(C)C1(CNC2CC2)CCOC1C1CC1. The summed E-state index contributed by atoms with van der Waals surface area (Å²) in [5.41, 5.74) is 0.443. The molecule has 0 amide bonds. The molecular weight excluding hydrogens is 210 g/mol. The Morgan fingerprint density at radius 2 is 2.06 bits per heavy atom. The Balaban J connectivity index is 1.72. The van der Waals surface area contributed by atoms with Crippen molar-refractivity contribution in [1.82, 2.24) is 5.32 Å². The van der Waals surface area contributed by atoms with E-state index in [4.69, 9.17) is 4.74 Å². The van der Waals surface area contributed by atoms with Gasteiger partial charge in [-0.25, -0.2) is 0 Å². The quantitative estimate of drug-likeness (QED) is 0.767. The molecule has 2 saturated carbocycles. The second-order valence-electron chi connectivity index (χ2n) is 6.58. The molecule has 1 heterocycles. The summed E-state index contributed by atoms with van der Waals surface area (Å²) >= 11 is 0. The van der Waals surface area contributed by atoms with Crippen LogP contribution in [0.5, 0.6) is 0 Å². The largest absolute Gasteiger partial charge is 0.377 e. The lowest BCUT2D eigenvalue weighted by atomic mass is 9.68. The molecule has 0 spiro atoms. The van der Waals surface area contributed by atoms with Gasteiger partial charge in [-0.15, -0.1) is 0 Å². The minimum atomic E-state index is 0.443. The van der Waals surface area contributed by atoms with Crippen LogP contribution in [0.3, 0.4) is 0 Å². The number of hydrogen-bond donors (Lipinski definition) is 1. The molecule has 0 aromatic heterocycles. The molecule has 17 heavy (non-hydrogen) atoms. The predicted octanol–water partition coefficient (Wildman–Crippen LogP) is 2.97. The van der Waals surface area contributed by atoms with E-state index in [0.717, 1.165) is 24.5 Å². The minimum Gasteiger partial charge on any atom is -0.377 e. The zero-order valence-corrected chi connectivity index (χ0v) is 11.4. The highest BCUT2D eigenvalue weighted by molar-refractivity contribution is 5.03. The van der Waals surface area contributed by atoms with Crippen molar-refractivity contribution in [3.63, 3.8) is 0 Å². The van der Waals surface area contributed by atoms with E-state index in [1.165, 1.54) is 45.1 Å². The normalized spacial score (nSPS) is 39.5. The van der Waals surface area contributed by atoms with E-state index in [1.807, 2.05) is 0 Å². The Kier molecular flexibility index (Phi) is 3.20. The first-order chi connectivity index (χ1) is 8.26. The molecule has 1 saturated heterocycles. The van der Waals surface area contributed by atoms with Crippen molar-refractivity contribution >= 4 is 0 Å². The van der Waals surface area contributed by atoms with E-state index < -0.39 is 0 Å². The van der Waals surface area contributed by atoms with Crippen molar-refractivity contribution in [2.75, 3.05) is 13.2 Å². The maximum Gasteiger partial charge on any atom is 0.0674 e. The van der Waals surface area contributed by atoms with Crippen molar-refractivity contribution in [3.05, 3.63) is 0 Å². The van der Waals surface area contributed by atoms with Crippen LogP contribution >= 0.6 is 0 Å². The standard InChI is InChI=1S/C15H27NO/c1-3-11(2)15(10-16-13-6-7-13)8-9-17-14(15)12-4-5-12/h11-14,16H,3-10H2,1-2H3. The Morgan fingerprint density at radius 1 is 1.29 bits per heavy atom. The summed E-state index contributed by atoms with van der Waals surface area (Å²) in [6.45, 7) is 6.98. The van der Waals surface area contributed by atoms with Gasteiger partial charge in [-0.05, 0) is 43.9 Å². The molecule has 3 unspecified atom stereocenters. The van der Waals surface area contributed by atoms with Crippen LogP contribution in [0.25, 0.3) is 0 Å². The Labute approximate surface area is 105 Å². The van der Waals surface area contributed by atoms with Crippen molar-refractivity contribution in [2.45, 2.75) is 64.5 Å². The zero-order chi connectivity index (χ0) is 11.9. The number of hydrogen-bond acceptors (Lipinski definition) is 2. The van der Waals surface area contributed by atoms with E-state index in [-0.39, 0.29) is 0 Å². The fourth-order valence-electron chi connectivity index (χ4n) is 3.61. The summed E-state index contributed by atoms with van der Waals surface area (Å²) in [5, 5.41) is 3.79. The molecule has 0 bridgehead atoms. The van der Waals surface area contributed by atoms with E-state index >= 15 is 0 Å². The average Bonchev–Trinajstić information content (AvgIpc) is 3.25. The lowest BCUT2D eigenvalue weighted by molar-refractivity contribution is 0.00220. The second kappa shape index (κ2) is 4.55. The van der Waals surface area contributed by atoms with Crippen LogP contribution in [-0.2, 0) is 4.74 Å². The van der Waals surface area contributed by atoms with Crippen molar-refractivity contribution in [2.24, 2.45) is 17.3 Å². The van der Waals surface area contributed by atoms with Crippen molar-refractivity contribution in [1.29, 1.82) is 0 Å². The van der Waals surface area contributed by atoms with E-state index in [1.54, 1.807) is 0 Å². The van der Waals surface area contributed by atoms with Gasteiger partial charge in [-0.2, -0.15) is 0 Å². The molecule has 3 atom stereocenters. The third-order valence-electron chi connectivity index (χ3n) is 5.37. The average molecular weight is 237 g/mol. The molecule has 0 radical (unpaired) electrons. The highest BCUT2D eigenvalue weighted by atomic mass is 16.5. The van der Waals surface area contributed by atoms with Crippen molar-refractivity contribution < 1.29 is 4.74 Å². The van der Waals surface area contributed by atoms with Gasteiger partial charge >= 0.3 is 0 Å². The summed E-state index contributed by atoms with van der Waals surface area (Å²) in [6.07, 6.45) is 8.74. The van der Waals surface area contributed by atoms with Crippen molar-refractivity contribution in [3.8, 4) is 0 Å². The van der Waals surface area contributed by atoms with Gasteiger partial charge in [-0.3, -0.25) is 0 Å². The topological polar surface area (TPSA) is 21.3 Å². The molecule has 3 aliphatic rings. The molecule has 2 aliphatic carbocycles. The highest BCUT2D eigenvalue weighted by Crippen LogP contribution is 2.52. The van der Waals surface area contributed by atoms with Crippen LogP contribution in [0.4, 0.5) is 0 Å². The molecule has 0 aromatic rings. The van der Waals surface area contributed by atoms with Gasteiger partial charge in [-0.1, -0.05) is 20.3 Å². The Bertz CT molecular complexity index is 272. The van der Waals surface area contributed by atoms with Crippen LogP contribution in [0.15, 0.2) is 0 Å². The molecule has 2 heteroatoms. The smallest absolute Gasteiger partial charge is 0.0674 e. The zero-order valence-electron chi connectivity index (χ0n) is 11.4. The van der Waals surface area contributed by atoms with Crippen LogP contribution in [0, 0.1) is 17.3 Å². The molecule has 1 N–H and O–H groups in total. The van der Waals surface area contributed by atoms with Gasteiger partial charge in [0.05, 0.1) is 6.10 Å². The first kappa shape index (κ1) is 12.0. The number of rotatable bonds is 6. The molecule has 2 nitrogen and oxygen atoms in total. The van der Waals surface area contributed by atoms with Crippen LogP contribution in [-0.4, -0.2) is 25.3 Å². The summed E-state index contributed by atoms with van der Waals surface area (Å²) in [5.74, 6) is 1.68. The molecular formula is C15H27NO. The van der Waals surface area contributed by atoms with Gasteiger partial charge in [0.25, 0.3) is 0 Å². The first-order valence-electron chi connectivity index (χ1n) is 7.61. The van der Waals surface area contributed by atoms with Crippen LogP contribution in [0.1, 0.15) is 52.4 Å². The molecule has 98 valence electrons. The summed E-state index contributed by atoms with van der Waals surface area (Å²) in [7, 11) is 0. The molecule has 3 fully saturated rings. The number of nitrogens with one attached hydrogen (secondary N) is 1. The fourth-order valence-corrected chi connectivity index (χ4v) is 3.61. The summed E-state index contributed by atoms with van der Waals surface area (Å²) in [6, 6.07) is 0.830. The monoisotopic (exact) mass is 237 g/mol.